The Bertz CT molecular complexity index is 2440. The van der Waals surface area contributed by atoms with Gasteiger partial charge in [0.05, 0.1) is 5.60 Å². The first-order valence-corrected chi connectivity index (χ1v) is 26.5. The second kappa shape index (κ2) is 12.3. The first-order valence-electron chi connectivity index (χ1n) is 26.5. The van der Waals surface area contributed by atoms with E-state index in [2.05, 4.69) is 84.2 Å². The van der Waals surface area contributed by atoms with Crippen molar-refractivity contribution in [1.29, 1.82) is 0 Å². The molecule has 0 amide bonds. The zero-order chi connectivity index (χ0) is 44.9. The third kappa shape index (κ3) is 4.76. The van der Waals surface area contributed by atoms with Crippen molar-refractivity contribution in [2.75, 3.05) is 26.2 Å². The van der Waals surface area contributed by atoms with E-state index >= 15 is 0 Å². The van der Waals surface area contributed by atoms with Gasteiger partial charge in [-0.25, -0.2) is 4.79 Å². The van der Waals surface area contributed by atoms with Gasteiger partial charge in [0, 0.05) is 63.4 Å². The molecule has 0 aromatic heterocycles. The van der Waals surface area contributed by atoms with Crippen LogP contribution < -0.4 is 18.9 Å². The quantitative estimate of drug-likeness (QED) is 0.218. The number of benzene rings is 2. The predicted octanol–water partition coefficient (Wildman–Crippen LogP) is 10.8. The van der Waals surface area contributed by atoms with Crippen molar-refractivity contribution in [2.45, 2.75) is 193 Å². The van der Waals surface area contributed by atoms with Crippen LogP contribution in [-0.2, 0) is 23.7 Å². The third-order valence-electron chi connectivity index (χ3n) is 23.2. The van der Waals surface area contributed by atoms with Gasteiger partial charge in [-0.3, -0.25) is 9.80 Å². The molecule has 8 bridgehead atoms. The van der Waals surface area contributed by atoms with E-state index in [9.17, 15) is 9.90 Å². The van der Waals surface area contributed by atoms with Crippen LogP contribution in [0.5, 0.6) is 23.0 Å². The van der Waals surface area contributed by atoms with Crippen LogP contribution in [0, 0.1) is 56.2 Å². The molecular formula is C57H76N2O6. The molecule has 8 nitrogen and oxygen atoms in total. The standard InChI is InChI=1S/C57H76N2O6/c1-49(2,3)38-28-54-20-18-51(38,7)46-56(54)22-24-58(30-32-10-11-32)40(54)26-34-14-16-36(44(64-46)42(34)56)62-48(60)63-37-17-15-35-27-41-55-21-19-52(8,39(29-55)53(9,61)50(4,5)6)47-57(55,43(35)45(37)65-47)23-25-59(41)31-33-12-13-33/h14-17,32-33,38-41,46-47,61H,10-13,18-31H2,1-9H3/t38-,39+,40?,41-,46+,47+,51?,52+,53+,54?,55-,56+,57+/m1/s1. The van der Waals surface area contributed by atoms with Crippen LogP contribution in [0.3, 0.4) is 0 Å². The zero-order valence-electron chi connectivity index (χ0n) is 41.0. The van der Waals surface area contributed by atoms with Crippen LogP contribution in [0.4, 0.5) is 4.79 Å². The van der Waals surface area contributed by atoms with Gasteiger partial charge in [-0.05, 0) is 173 Å². The number of rotatable bonds is 7. The molecule has 350 valence electrons. The van der Waals surface area contributed by atoms with Crippen LogP contribution >= 0.6 is 0 Å². The minimum atomic E-state index is -0.887. The van der Waals surface area contributed by atoms with Gasteiger partial charge >= 0.3 is 6.16 Å². The fourth-order valence-corrected chi connectivity index (χ4v) is 19.7. The first-order chi connectivity index (χ1) is 30.7. The number of carbonyl (C=O) groups is 1. The molecule has 2 saturated heterocycles. The molecular weight excluding hydrogens is 809 g/mol. The van der Waals surface area contributed by atoms with Gasteiger partial charge in [0.1, 0.15) is 12.2 Å². The lowest BCUT2D eigenvalue weighted by molar-refractivity contribution is -0.276. The van der Waals surface area contributed by atoms with Crippen LogP contribution in [0.1, 0.15) is 162 Å². The van der Waals surface area contributed by atoms with Crippen LogP contribution in [0.2, 0.25) is 0 Å². The molecule has 1 N–H and O–H groups in total. The van der Waals surface area contributed by atoms with Crippen molar-refractivity contribution in [3.63, 3.8) is 0 Å². The predicted molar refractivity (Wildman–Crippen MR) is 250 cm³/mol. The molecule has 4 heterocycles. The number of carbonyl (C=O) groups excluding carboxylic acids is 1. The van der Waals surface area contributed by atoms with Crippen molar-refractivity contribution in [1.82, 2.24) is 9.80 Å². The van der Waals surface area contributed by atoms with E-state index in [1.165, 1.54) is 80.3 Å². The number of nitrogens with zero attached hydrogens (tertiary/aromatic N) is 2. The highest BCUT2D eigenvalue weighted by Crippen LogP contribution is 2.81. The van der Waals surface area contributed by atoms with E-state index in [-0.39, 0.29) is 61.4 Å². The number of likely N-dealkylation sites (tertiary alicyclic amines) is 2. The molecule has 4 aliphatic heterocycles. The normalized spacial score (nSPS) is 44.5. The van der Waals surface area contributed by atoms with Gasteiger partial charge < -0.3 is 24.1 Å². The third-order valence-corrected chi connectivity index (χ3v) is 23.2. The van der Waals surface area contributed by atoms with E-state index in [0.29, 0.717) is 29.5 Å². The summed E-state index contributed by atoms with van der Waals surface area (Å²) in [5, 5.41) is 12.7. The largest absolute Gasteiger partial charge is 0.519 e. The van der Waals surface area contributed by atoms with E-state index in [4.69, 9.17) is 18.9 Å². The van der Waals surface area contributed by atoms with E-state index in [1.807, 2.05) is 12.1 Å². The Hall–Kier alpha value is -2.81. The summed E-state index contributed by atoms with van der Waals surface area (Å²) in [6.07, 6.45) is 15.8. The van der Waals surface area contributed by atoms with Crippen molar-refractivity contribution >= 4 is 6.16 Å². The molecule has 14 aliphatic rings. The van der Waals surface area contributed by atoms with Gasteiger partial charge in [0.25, 0.3) is 0 Å². The summed E-state index contributed by atoms with van der Waals surface area (Å²) < 4.78 is 28.0. The molecule has 4 spiro atoms. The molecule has 3 unspecified atom stereocenters. The van der Waals surface area contributed by atoms with Gasteiger partial charge in [0.15, 0.2) is 23.0 Å². The fourth-order valence-electron chi connectivity index (χ4n) is 19.7. The van der Waals surface area contributed by atoms with Gasteiger partial charge in [0.2, 0.25) is 0 Å². The lowest BCUT2D eigenvalue weighted by Crippen LogP contribution is -2.80. The van der Waals surface area contributed by atoms with Gasteiger partial charge in [-0.1, -0.05) is 67.5 Å². The number of hydrogen-bond donors (Lipinski definition) is 1. The average Bonchev–Trinajstić information content (AvgIpc) is 4.17. The molecule has 16 rings (SSSR count). The Kier molecular flexibility index (Phi) is 7.80. The van der Waals surface area contributed by atoms with Crippen LogP contribution in [-0.4, -0.2) is 77.1 Å². The lowest BCUT2D eigenvalue weighted by Gasteiger charge is -2.75. The Morgan fingerprint density at radius 2 is 1.11 bits per heavy atom. The van der Waals surface area contributed by atoms with Gasteiger partial charge in [-0.15, -0.1) is 0 Å². The number of ether oxygens (including phenoxy) is 4. The summed E-state index contributed by atoms with van der Waals surface area (Å²) in [5.41, 5.74) is 4.06. The fraction of sp³-hybridized carbons (Fsp3) is 0.772. The molecule has 10 aliphatic carbocycles. The maximum atomic E-state index is 14.5. The number of piperidine rings is 2. The number of fused-ring (bicyclic) bond motifs is 4. The molecule has 13 atom stereocenters. The average molecular weight is 885 g/mol. The SMILES string of the molecule is CC(C)(C)[C@H]1CC23CCC1(C)[C@@H]1Oc4c(OC(=O)Oc5ccc6c7c5O[C@H]5[C@@]8(C)CC[C@@]9(C[C@@H]8[C@](C)(O)C(C)(C)C)[C@@H](C6)N(CC6CC6)CC[C@]759)ccc5c4[C@@]12CCN(CC1CC1)C3C5. The van der Waals surface area contributed by atoms with Gasteiger partial charge in [-0.2, -0.15) is 0 Å². The second-order valence-electron chi connectivity index (χ2n) is 27.7. The van der Waals surface area contributed by atoms with Crippen LogP contribution in [0.25, 0.3) is 0 Å². The maximum Gasteiger partial charge on any atom is 0.519 e. The van der Waals surface area contributed by atoms with Crippen molar-refractivity contribution in [2.24, 2.45) is 56.2 Å². The van der Waals surface area contributed by atoms with Crippen molar-refractivity contribution < 1.29 is 28.8 Å². The van der Waals surface area contributed by atoms with Crippen molar-refractivity contribution in [3.8, 4) is 23.0 Å². The monoisotopic (exact) mass is 885 g/mol. The summed E-state index contributed by atoms with van der Waals surface area (Å²) in [6, 6.07) is 9.48. The molecule has 8 heteroatoms. The highest BCUT2D eigenvalue weighted by atomic mass is 16.7. The minimum absolute atomic E-state index is 0.0207. The minimum Gasteiger partial charge on any atom is -0.485 e. The smallest absolute Gasteiger partial charge is 0.485 e. The summed E-state index contributed by atoms with van der Waals surface area (Å²) in [4.78, 5) is 20.3. The molecule has 65 heavy (non-hydrogen) atoms. The first kappa shape index (κ1) is 41.2. The molecule has 2 aromatic carbocycles. The molecule has 10 fully saturated rings. The Morgan fingerprint density at radius 3 is 1.54 bits per heavy atom. The second-order valence-corrected chi connectivity index (χ2v) is 27.7. The van der Waals surface area contributed by atoms with Crippen LogP contribution in [0.15, 0.2) is 24.3 Å². The highest BCUT2D eigenvalue weighted by molar-refractivity contribution is 5.74. The summed E-state index contributed by atoms with van der Waals surface area (Å²) in [5.74, 6) is 4.85. The van der Waals surface area contributed by atoms with E-state index in [1.54, 1.807) is 0 Å². The maximum absolute atomic E-state index is 14.5. The van der Waals surface area contributed by atoms with E-state index < -0.39 is 11.8 Å². The molecule has 8 saturated carbocycles. The number of aliphatic hydroxyl groups is 1. The molecule has 0 radical (unpaired) electrons. The topological polar surface area (TPSA) is 80.7 Å². The lowest BCUT2D eigenvalue weighted by atomic mass is 9.31. The molecule has 2 aromatic rings. The highest BCUT2D eigenvalue weighted by Gasteiger charge is 2.82. The number of hydrogen-bond acceptors (Lipinski definition) is 8. The summed E-state index contributed by atoms with van der Waals surface area (Å²) in [7, 11) is 0. The Morgan fingerprint density at radius 1 is 0.662 bits per heavy atom. The Balaban J connectivity index is 0.830. The summed E-state index contributed by atoms with van der Waals surface area (Å²) in [6.45, 7) is 25.7. The zero-order valence-corrected chi connectivity index (χ0v) is 41.0. The van der Waals surface area contributed by atoms with E-state index in [0.717, 1.165) is 81.4 Å². The summed E-state index contributed by atoms with van der Waals surface area (Å²) >= 11 is 0. The van der Waals surface area contributed by atoms with Crippen molar-refractivity contribution in [3.05, 3.63) is 46.5 Å². The Labute approximate surface area is 388 Å².